The molecule has 0 atom stereocenters. The quantitative estimate of drug-likeness (QED) is 0.361. The molecule has 0 unspecified atom stereocenters. The van der Waals surface area contributed by atoms with Gasteiger partial charge in [-0.05, 0) is 56.7 Å². The molecule has 1 aromatic heterocycles. The van der Waals surface area contributed by atoms with Crippen LogP contribution in [0, 0.1) is 5.41 Å². The lowest BCUT2D eigenvalue weighted by atomic mass is 9.97. The molecule has 3 aromatic rings. The van der Waals surface area contributed by atoms with Gasteiger partial charge in [-0.1, -0.05) is 19.1 Å². The Hall–Kier alpha value is -3.41. The zero-order valence-electron chi connectivity index (χ0n) is 16.8. The maximum absolute atomic E-state index is 12.5. The summed E-state index contributed by atoms with van der Waals surface area (Å²) in [4.78, 5) is 35.9. The molecule has 0 saturated carbocycles. The first-order chi connectivity index (χ1) is 13.7. The SMILES string of the molecule is CCC(=O)Oc1ccc(-c2cc3ccc(OC(=O)C(C)(C)C)cc3oc2=O)cc1. The van der Waals surface area contributed by atoms with Gasteiger partial charge in [-0.15, -0.1) is 0 Å². The van der Waals surface area contributed by atoms with E-state index in [2.05, 4.69) is 0 Å². The van der Waals surface area contributed by atoms with E-state index in [9.17, 15) is 14.4 Å². The highest BCUT2D eigenvalue weighted by atomic mass is 16.5. The van der Waals surface area contributed by atoms with Crippen molar-refractivity contribution >= 4 is 22.9 Å². The topological polar surface area (TPSA) is 82.8 Å². The summed E-state index contributed by atoms with van der Waals surface area (Å²) in [6.07, 6.45) is 0.281. The van der Waals surface area contributed by atoms with Gasteiger partial charge in [0.1, 0.15) is 17.1 Å². The zero-order valence-corrected chi connectivity index (χ0v) is 16.8. The first-order valence-electron chi connectivity index (χ1n) is 9.28. The number of hydrogen-bond acceptors (Lipinski definition) is 6. The summed E-state index contributed by atoms with van der Waals surface area (Å²) in [6, 6.07) is 13.3. The van der Waals surface area contributed by atoms with Gasteiger partial charge in [0.25, 0.3) is 0 Å². The molecule has 0 saturated heterocycles. The Kier molecular flexibility index (Phi) is 5.55. The van der Waals surface area contributed by atoms with E-state index in [4.69, 9.17) is 13.9 Å². The molecule has 0 aliphatic heterocycles. The van der Waals surface area contributed by atoms with E-state index in [1.165, 1.54) is 6.07 Å². The lowest BCUT2D eigenvalue weighted by Crippen LogP contribution is -2.25. The van der Waals surface area contributed by atoms with E-state index < -0.39 is 11.0 Å². The number of esters is 2. The molecule has 150 valence electrons. The average molecular weight is 394 g/mol. The first kappa shape index (κ1) is 20.3. The molecular formula is C23H22O6. The predicted molar refractivity (Wildman–Crippen MR) is 109 cm³/mol. The normalized spacial score (nSPS) is 11.3. The molecule has 0 spiro atoms. The molecule has 0 fully saturated rings. The summed E-state index contributed by atoms with van der Waals surface area (Å²) >= 11 is 0. The minimum atomic E-state index is -0.642. The number of hydrogen-bond donors (Lipinski definition) is 0. The van der Waals surface area contributed by atoms with Gasteiger partial charge in [0.05, 0.1) is 11.0 Å². The third-order valence-corrected chi connectivity index (χ3v) is 4.22. The highest BCUT2D eigenvalue weighted by Gasteiger charge is 2.24. The summed E-state index contributed by atoms with van der Waals surface area (Å²) in [6.45, 7) is 7.00. The number of fused-ring (bicyclic) bond motifs is 1. The van der Waals surface area contributed by atoms with Crippen molar-refractivity contribution in [2.24, 2.45) is 5.41 Å². The number of carbonyl (C=O) groups excluding carboxylic acids is 2. The summed E-state index contributed by atoms with van der Waals surface area (Å²) in [7, 11) is 0. The molecule has 0 N–H and O–H groups in total. The number of carbonyl (C=O) groups is 2. The van der Waals surface area contributed by atoms with Crippen molar-refractivity contribution in [2.75, 3.05) is 0 Å². The standard InChI is InChI=1S/C23H22O6/c1-5-20(24)27-16-9-6-14(7-10-16)18-12-15-8-11-17(13-19(15)29-21(18)25)28-22(26)23(2,3)4/h6-13H,5H2,1-4H3. The van der Waals surface area contributed by atoms with Crippen molar-refractivity contribution in [3.8, 4) is 22.6 Å². The van der Waals surface area contributed by atoms with Crippen LogP contribution in [0.3, 0.4) is 0 Å². The van der Waals surface area contributed by atoms with Crippen LogP contribution in [0.25, 0.3) is 22.1 Å². The van der Waals surface area contributed by atoms with Crippen LogP contribution in [0.5, 0.6) is 11.5 Å². The van der Waals surface area contributed by atoms with Gasteiger partial charge in [-0.25, -0.2) is 4.79 Å². The van der Waals surface area contributed by atoms with E-state index in [0.29, 0.717) is 33.6 Å². The maximum atomic E-state index is 12.5. The summed E-state index contributed by atoms with van der Waals surface area (Å²) < 4.78 is 15.9. The lowest BCUT2D eigenvalue weighted by molar-refractivity contribution is -0.143. The van der Waals surface area contributed by atoms with Crippen molar-refractivity contribution in [1.82, 2.24) is 0 Å². The monoisotopic (exact) mass is 394 g/mol. The van der Waals surface area contributed by atoms with E-state index in [1.54, 1.807) is 70.2 Å². The smallest absolute Gasteiger partial charge is 0.344 e. The number of ether oxygens (including phenoxy) is 2. The first-order valence-corrected chi connectivity index (χ1v) is 9.28. The number of rotatable bonds is 4. The molecule has 29 heavy (non-hydrogen) atoms. The highest BCUT2D eigenvalue weighted by molar-refractivity contribution is 5.84. The van der Waals surface area contributed by atoms with Gasteiger partial charge in [0.15, 0.2) is 0 Å². The third-order valence-electron chi connectivity index (χ3n) is 4.22. The molecule has 6 heteroatoms. The van der Waals surface area contributed by atoms with E-state index >= 15 is 0 Å². The van der Waals surface area contributed by atoms with Gasteiger partial charge in [-0.2, -0.15) is 0 Å². The Morgan fingerprint density at radius 3 is 2.21 bits per heavy atom. The second kappa shape index (κ2) is 7.91. The Morgan fingerprint density at radius 2 is 1.59 bits per heavy atom. The van der Waals surface area contributed by atoms with Crippen LogP contribution in [-0.4, -0.2) is 11.9 Å². The highest BCUT2D eigenvalue weighted by Crippen LogP contribution is 2.27. The molecule has 6 nitrogen and oxygen atoms in total. The molecule has 0 bridgehead atoms. The molecule has 0 aliphatic carbocycles. The Morgan fingerprint density at radius 1 is 0.931 bits per heavy atom. The van der Waals surface area contributed by atoms with E-state index in [1.807, 2.05) is 0 Å². The molecule has 3 rings (SSSR count). The van der Waals surface area contributed by atoms with Gasteiger partial charge in [0.2, 0.25) is 0 Å². The Bertz CT molecular complexity index is 1120. The van der Waals surface area contributed by atoms with E-state index in [0.717, 1.165) is 0 Å². The van der Waals surface area contributed by atoms with Crippen molar-refractivity contribution in [1.29, 1.82) is 0 Å². The molecular weight excluding hydrogens is 372 g/mol. The maximum Gasteiger partial charge on any atom is 0.344 e. The van der Waals surface area contributed by atoms with Crippen molar-refractivity contribution in [3.63, 3.8) is 0 Å². The fraction of sp³-hybridized carbons (Fsp3) is 0.261. The van der Waals surface area contributed by atoms with Crippen LogP contribution in [0.4, 0.5) is 0 Å². The molecule has 1 heterocycles. The minimum Gasteiger partial charge on any atom is -0.427 e. The van der Waals surface area contributed by atoms with Gasteiger partial charge in [-0.3, -0.25) is 9.59 Å². The Labute approximate surface area is 168 Å². The van der Waals surface area contributed by atoms with Gasteiger partial charge >= 0.3 is 17.6 Å². The average Bonchev–Trinajstić information content (AvgIpc) is 2.67. The third kappa shape index (κ3) is 4.71. The lowest BCUT2D eigenvalue weighted by Gasteiger charge is -2.16. The summed E-state index contributed by atoms with van der Waals surface area (Å²) in [5.41, 5.74) is 0.184. The van der Waals surface area contributed by atoms with Crippen LogP contribution < -0.4 is 15.1 Å². The fourth-order valence-corrected chi connectivity index (χ4v) is 2.52. The zero-order chi connectivity index (χ0) is 21.2. The van der Waals surface area contributed by atoms with Gasteiger partial charge < -0.3 is 13.9 Å². The van der Waals surface area contributed by atoms with Crippen molar-refractivity contribution in [2.45, 2.75) is 34.1 Å². The fourth-order valence-electron chi connectivity index (χ4n) is 2.52. The minimum absolute atomic E-state index is 0.281. The largest absolute Gasteiger partial charge is 0.427 e. The Balaban J connectivity index is 1.90. The number of benzene rings is 2. The van der Waals surface area contributed by atoms with Crippen molar-refractivity contribution in [3.05, 3.63) is 59.0 Å². The van der Waals surface area contributed by atoms with Gasteiger partial charge in [0, 0.05) is 17.9 Å². The summed E-state index contributed by atoms with van der Waals surface area (Å²) in [5.74, 6) is 0.0251. The molecule has 0 aliphatic rings. The molecule has 0 radical (unpaired) electrons. The van der Waals surface area contributed by atoms with Crippen molar-refractivity contribution < 1.29 is 23.5 Å². The van der Waals surface area contributed by atoms with Crippen LogP contribution >= 0.6 is 0 Å². The second-order valence-corrected chi connectivity index (χ2v) is 7.64. The second-order valence-electron chi connectivity index (χ2n) is 7.64. The van der Waals surface area contributed by atoms with E-state index in [-0.39, 0.29) is 18.4 Å². The summed E-state index contributed by atoms with van der Waals surface area (Å²) in [5, 5.41) is 0.691. The molecule has 2 aromatic carbocycles. The van der Waals surface area contributed by atoms with Crippen LogP contribution in [0.15, 0.2) is 57.7 Å². The van der Waals surface area contributed by atoms with Crippen LogP contribution in [-0.2, 0) is 9.59 Å². The van der Waals surface area contributed by atoms with Crippen LogP contribution in [0.1, 0.15) is 34.1 Å². The van der Waals surface area contributed by atoms with Crippen LogP contribution in [0.2, 0.25) is 0 Å². The predicted octanol–water partition coefficient (Wildman–Crippen LogP) is 4.73. The molecule has 0 amide bonds.